The molecule has 0 saturated carbocycles. The first-order chi connectivity index (χ1) is 6.29. The molecule has 1 N–H and O–H groups in total. The SMILES string of the molecule is COC(=O)N[C@H]1CN2CCC1CC2. The highest BCUT2D eigenvalue weighted by molar-refractivity contribution is 5.67. The Kier molecular flexibility index (Phi) is 2.40. The van der Waals surface area contributed by atoms with Crippen molar-refractivity contribution in [1.29, 1.82) is 0 Å². The van der Waals surface area contributed by atoms with Gasteiger partial charge in [0.2, 0.25) is 0 Å². The molecule has 0 aromatic heterocycles. The molecule has 0 aliphatic carbocycles. The molecule has 2 bridgehead atoms. The number of alkyl carbamates (subject to hydrolysis) is 1. The van der Waals surface area contributed by atoms with Crippen molar-refractivity contribution in [2.24, 2.45) is 5.92 Å². The fraction of sp³-hybridized carbons (Fsp3) is 0.889. The van der Waals surface area contributed by atoms with Crippen molar-refractivity contribution in [1.82, 2.24) is 10.2 Å². The minimum absolute atomic E-state index is 0.293. The molecule has 0 radical (unpaired) electrons. The third kappa shape index (κ3) is 1.77. The number of carbonyl (C=O) groups is 1. The lowest BCUT2D eigenvalue weighted by atomic mass is 9.84. The minimum Gasteiger partial charge on any atom is -0.453 e. The van der Waals surface area contributed by atoms with Crippen LogP contribution in [0.4, 0.5) is 4.79 Å². The summed E-state index contributed by atoms with van der Waals surface area (Å²) < 4.78 is 4.59. The molecule has 3 heterocycles. The van der Waals surface area contributed by atoms with Crippen LogP contribution in [0.1, 0.15) is 12.8 Å². The second kappa shape index (κ2) is 3.54. The summed E-state index contributed by atoms with van der Waals surface area (Å²) >= 11 is 0. The third-order valence-corrected chi connectivity index (χ3v) is 3.14. The molecular formula is C9H16N2O2. The van der Waals surface area contributed by atoms with Gasteiger partial charge in [0, 0.05) is 12.6 Å². The third-order valence-electron chi connectivity index (χ3n) is 3.14. The van der Waals surface area contributed by atoms with Crippen LogP contribution in [0.15, 0.2) is 0 Å². The van der Waals surface area contributed by atoms with Gasteiger partial charge in [0.1, 0.15) is 0 Å². The molecule has 74 valence electrons. The van der Waals surface area contributed by atoms with Gasteiger partial charge in [0.25, 0.3) is 0 Å². The van der Waals surface area contributed by atoms with E-state index in [-0.39, 0.29) is 6.09 Å². The highest BCUT2D eigenvalue weighted by Crippen LogP contribution is 2.27. The highest BCUT2D eigenvalue weighted by Gasteiger charge is 2.34. The van der Waals surface area contributed by atoms with E-state index in [0.29, 0.717) is 12.0 Å². The van der Waals surface area contributed by atoms with Crippen LogP contribution in [-0.2, 0) is 4.74 Å². The number of methoxy groups -OCH3 is 1. The van der Waals surface area contributed by atoms with Crippen LogP contribution in [0, 0.1) is 5.92 Å². The lowest BCUT2D eigenvalue weighted by molar-refractivity contribution is 0.0689. The average Bonchev–Trinajstić information content (AvgIpc) is 2.19. The number of nitrogens with one attached hydrogen (secondary N) is 1. The smallest absolute Gasteiger partial charge is 0.407 e. The Morgan fingerprint density at radius 3 is 2.62 bits per heavy atom. The van der Waals surface area contributed by atoms with Gasteiger partial charge in [-0.05, 0) is 31.8 Å². The summed E-state index contributed by atoms with van der Waals surface area (Å²) in [6.07, 6.45) is 2.14. The molecule has 1 atom stereocenters. The number of hydrogen-bond donors (Lipinski definition) is 1. The van der Waals surface area contributed by atoms with Crippen molar-refractivity contribution in [2.75, 3.05) is 26.7 Å². The topological polar surface area (TPSA) is 41.6 Å². The molecule has 3 aliphatic rings. The van der Waals surface area contributed by atoms with E-state index in [2.05, 4.69) is 15.0 Å². The molecule has 0 aromatic rings. The predicted molar refractivity (Wildman–Crippen MR) is 48.5 cm³/mol. The zero-order chi connectivity index (χ0) is 9.26. The van der Waals surface area contributed by atoms with Crippen molar-refractivity contribution >= 4 is 6.09 Å². The fourth-order valence-corrected chi connectivity index (χ4v) is 2.34. The summed E-state index contributed by atoms with van der Waals surface area (Å²) in [6, 6.07) is 0.315. The first-order valence-corrected chi connectivity index (χ1v) is 4.86. The summed E-state index contributed by atoms with van der Waals surface area (Å²) in [7, 11) is 1.41. The molecule has 4 heteroatoms. The maximum atomic E-state index is 11.0. The molecule has 13 heavy (non-hydrogen) atoms. The van der Waals surface area contributed by atoms with Crippen molar-refractivity contribution in [2.45, 2.75) is 18.9 Å². The van der Waals surface area contributed by atoms with Gasteiger partial charge in [-0.2, -0.15) is 0 Å². The number of ether oxygens (including phenoxy) is 1. The van der Waals surface area contributed by atoms with E-state index < -0.39 is 0 Å². The molecule has 1 amide bonds. The first-order valence-electron chi connectivity index (χ1n) is 4.86. The standard InChI is InChI=1S/C9H16N2O2/c1-13-9(12)10-8-6-11-4-2-7(8)3-5-11/h7-8H,2-6H2,1H3,(H,10,12)/t8-/m0/s1. The second-order valence-corrected chi connectivity index (χ2v) is 3.88. The zero-order valence-electron chi connectivity index (χ0n) is 7.95. The lowest BCUT2D eigenvalue weighted by Crippen LogP contribution is -2.57. The van der Waals surface area contributed by atoms with E-state index in [1.54, 1.807) is 0 Å². The van der Waals surface area contributed by atoms with Gasteiger partial charge < -0.3 is 15.0 Å². The Hall–Kier alpha value is -0.770. The number of fused-ring (bicyclic) bond motifs is 3. The van der Waals surface area contributed by atoms with Crippen LogP contribution in [-0.4, -0.2) is 43.8 Å². The maximum absolute atomic E-state index is 11.0. The van der Waals surface area contributed by atoms with Gasteiger partial charge in [-0.3, -0.25) is 0 Å². The number of amides is 1. The highest BCUT2D eigenvalue weighted by atomic mass is 16.5. The molecule has 0 aromatic carbocycles. The summed E-state index contributed by atoms with van der Waals surface area (Å²) in [5.41, 5.74) is 0. The van der Waals surface area contributed by atoms with E-state index >= 15 is 0 Å². The van der Waals surface area contributed by atoms with Crippen molar-refractivity contribution in [3.05, 3.63) is 0 Å². The Morgan fingerprint density at radius 2 is 2.15 bits per heavy atom. The van der Waals surface area contributed by atoms with Crippen LogP contribution < -0.4 is 5.32 Å². The van der Waals surface area contributed by atoms with Gasteiger partial charge in [-0.15, -0.1) is 0 Å². The maximum Gasteiger partial charge on any atom is 0.407 e. The van der Waals surface area contributed by atoms with Crippen LogP contribution in [0.25, 0.3) is 0 Å². The first kappa shape index (κ1) is 8.81. The van der Waals surface area contributed by atoms with Gasteiger partial charge in [0.15, 0.2) is 0 Å². The van der Waals surface area contributed by atoms with Gasteiger partial charge in [0.05, 0.1) is 7.11 Å². The Balaban J connectivity index is 1.90. The normalized spacial score (nSPS) is 37.2. The average molecular weight is 184 g/mol. The number of piperidine rings is 3. The fourth-order valence-electron chi connectivity index (χ4n) is 2.34. The summed E-state index contributed by atoms with van der Waals surface area (Å²) in [6.45, 7) is 3.40. The molecule has 0 unspecified atom stereocenters. The molecule has 0 spiro atoms. The van der Waals surface area contributed by atoms with E-state index in [1.165, 1.54) is 33.0 Å². The minimum atomic E-state index is -0.293. The van der Waals surface area contributed by atoms with E-state index in [1.807, 2.05) is 0 Å². The second-order valence-electron chi connectivity index (χ2n) is 3.88. The van der Waals surface area contributed by atoms with E-state index in [0.717, 1.165) is 6.54 Å². The Labute approximate surface area is 78.2 Å². The molecule has 3 rings (SSSR count). The predicted octanol–water partition coefficient (Wildman–Crippen LogP) is 0.437. The summed E-state index contributed by atoms with van der Waals surface area (Å²) in [5, 5.41) is 2.90. The van der Waals surface area contributed by atoms with E-state index in [9.17, 15) is 4.79 Å². The quantitative estimate of drug-likeness (QED) is 0.643. The van der Waals surface area contributed by atoms with Crippen molar-refractivity contribution < 1.29 is 9.53 Å². The number of carbonyl (C=O) groups excluding carboxylic acids is 1. The van der Waals surface area contributed by atoms with Crippen LogP contribution in [0.5, 0.6) is 0 Å². The van der Waals surface area contributed by atoms with Gasteiger partial charge in [-0.1, -0.05) is 0 Å². The Bertz CT molecular complexity index is 200. The molecule has 3 saturated heterocycles. The van der Waals surface area contributed by atoms with Crippen LogP contribution in [0.3, 0.4) is 0 Å². The van der Waals surface area contributed by atoms with E-state index in [4.69, 9.17) is 0 Å². The summed E-state index contributed by atoms with van der Waals surface area (Å²) in [5.74, 6) is 0.670. The summed E-state index contributed by atoms with van der Waals surface area (Å²) in [4.78, 5) is 13.4. The monoisotopic (exact) mass is 184 g/mol. The number of nitrogens with zero attached hydrogens (tertiary/aromatic N) is 1. The lowest BCUT2D eigenvalue weighted by Gasteiger charge is -2.44. The van der Waals surface area contributed by atoms with Crippen molar-refractivity contribution in [3.8, 4) is 0 Å². The van der Waals surface area contributed by atoms with Gasteiger partial charge >= 0.3 is 6.09 Å². The molecule has 4 nitrogen and oxygen atoms in total. The molecule has 3 fully saturated rings. The Morgan fingerprint density at radius 1 is 1.46 bits per heavy atom. The van der Waals surface area contributed by atoms with Crippen molar-refractivity contribution in [3.63, 3.8) is 0 Å². The number of hydrogen-bond acceptors (Lipinski definition) is 3. The molecular weight excluding hydrogens is 168 g/mol. The van der Waals surface area contributed by atoms with Crippen LogP contribution in [0.2, 0.25) is 0 Å². The number of rotatable bonds is 1. The zero-order valence-corrected chi connectivity index (χ0v) is 7.95. The molecule has 3 aliphatic heterocycles. The largest absolute Gasteiger partial charge is 0.453 e. The van der Waals surface area contributed by atoms with Gasteiger partial charge in [-0.25, -0.2) is 4.79 Å². The van der Waals surface area contributed by atoms with Crippen LogP contribution >= 0.6 is 0 Å².